The highest BCUT2D eigenvalue weighted by Crippen LogP contribution is 2.55. The minimum atomic E-state index is -0.190. The van der Waals surface area contributed by atoms with Crippen molar-refractivity contribution in [2.24, 2.45) is 5.41 Å². The molecule has 3 heterocycles. The van der Waals surface area contributed by atoms with Crippen LogP contribution < -0.4 is 0 Å². The third-order valence-electron chi connectivity index (χ3n) is 5.68. The highest BCUT2D eigenvalue weighted by Gasteiger charge is 2.59. The van der Waals surface area contributed by atoms with E-state index in [9.17, 15) is 4.79 Å². The number of β-lactam (4-membered cyclic amide) rings is 1. The molecule has 2 fully saturated rings. The van der Waals surface area contributed by atoms with Crippen molar-refractivity contribution in [1.82, 2.24) is 14.8 Å². The Balaban J connectivity index is 1.48. The zero-order valence-corrected chi connectivity index (χ0v) is 14.1. The van der Waals surface area contributed by atoms with Crippen molar-refractivity contribution in [3.8, 4) is 0 Å². The number of likely N-dealkylation sites (tertiary alicyclic amines) is 2. The van der Waals surface area contributed by atoms with E-state index in [2.05, 4.69) is 46.3 Å². The van der Waals surface area contributed by atoms with Gasteiger partial charge in [0.1, 0.15) is 0 Å². The first-order valence-electron chi connectivity index (χ1n) is 8.64. The number of carbonyl (C=O) groups excluding carboxylic acids is 1. The molecule has 0 N–H and O–H groups in total. The number of rotatable bonds is 3. The first-order valence-corrected chi connectivity index (χ1v) is 8.64. The van der Waals surface area contributed by atoms with Gasteiger partial charge < -0.3 is 4.90 Å². The largest absolute Gasteiger partial charge is 0.337 e. The molecule has 0 bridgehead atoms. The third-order valence-corrected chi connectivity index (χ3v) is 5.68. The van der Waals surface area contributed by atoms with Crippen LogP contribution in [0.2, 0.25) is 0 Å². The molecule has 1 spiro atoms. The van der Waals surface area contributed by atoms with Gasteiger partial charge in [0.05, 0.1) is 11.5 Å². The number of hydrogen-bond donors (Lipinski definition) is 0. The van der Waals surface area contributed by atoms with Crippen LogP contribution in [0.15, 0.2) is 54.9 Å². The molecule has 2 aliphatic rings. The highest BCUT2D eigenvalue weighted by atomic mass is 16.2. The van der Waals surface area contributed by atoms with Crippen molar-refractivity contribution in [2.75, 3.05) is 20.1 Å². The molecule has 0 unspecified atom stereocenters. The van der Waals surface area contributed by atoms with Crippen molar-refractivity contribution in [2.45, 2.75) is 25.4 Å². The van der Waals surface area contributed by atoms with Crippen LogP contribution in [0.25, 0.3) is 0 Å². The minimum absolute atomic E-state index is 0.190. The van der Waals surface area contributed by atoms with Gasteiger partial charge in [0.2, 0.25) is 5.91 Å². The number of nitrogens with zero attached hydrogens (tertiary/aromatic N) is 3. The Bertz CT molecular complexity index is 708. The van der Waals surface area contributed by atoms with E-state index in [-0.39, 0.29) is 11.5 Å². The standard InChI is InChI=1S/C20H23N3O/c1-22-18(17-5-3-2-4-6-17)20(19(22)24)9-13-23(14-10-20)15-16-7-11-21-12-8-16/h2-8,11-12,18H,9-10,13-15H2,1H3/t18-/m1/s1. The van der Waals surface area contributed by atoms with Gasteiger partial charge in [-0.15, -0.1) is 0 Å². The van der Waals surface area contributed by atoms with Crippen molar-refractivity contribution >= 4 is 5.91 Å². The van der Waals surface area contributed by atoms with E-state index >= 15 is 0 Å². The zero-order valence-electron chi connectivity index (χ0n) is 14.1. The average Bonchev–Trinajstić information content (AvgIpc) is 2.64. The van der Waals surface area contributed by atoms with Crippen LogP contribution in [-0.2, 0) is 11.3 Å². The SMILES string of the molecule is CN1C(=O)C2(CCN(Cc3ccncc3)CC2)[C@H]1c1ccccc1. The molecule has 4 rings (SSSR count). The molecule has 24 heavy (non-hydrogen) atoms. The molecule has 2 aliphatic heterocycles. The van der Waals surface area contributed by atoms with Crippen molar-refractivity contribution in [3.05, 3.63) is 66.0 Å². The summed E-state index contributed by atoms with van der Waals surface area (Å²) in [5, 5.41) is 0. The van der Waals surface area contributed by atoms with Crippen LogP contribution in [0.1, 0.15) is 30.0 Å². The van der Waals surface area contributed by atoms with Gasteiger partial charge in [0, 0.05) is 26.0 Å². The first kappa shape index (κ1) is 15.3. The van der Waals surface area contributed by atoms with Crippen LogP contribution >= 0.6 is 0 Å². The molecular weight excluding hydrogens is 298 g/mol. The summed E-state index contributed by atoms with van der Waals surface area (Å²) in [4.78, 5) is 21.1. The van der Waals surface area contributed by atoms with Gasteiger partial charge in [-0.3, -0.25) is 14.7 Å². The number of amides is 1. The number of pyridine rings is 1. The molecule has 1 atom stereocenters. The number of aromatic nitrogens is 1. The topological polar surface area (TPSA) is 36.4 Å². The summed E-state index contributed by atoms with van der Waals surface area (Å²) in [7, 11) is 1.94. The minimum Gasteiger partial charge on any atom is -0.337 e. The Hall–Kier alpha value is -2.20. The third kappa shape index (κ3) is 2.42. The molecule has 0 saturated carbocycles. The molecule has 1 aromatic carbocycles. The number of hydrogen-bond acceptors (Lipinski definition) is 3. The Labute approximate surface area is 143 Å². The molecule has 0 aliphatic carbocycles. The summed E-state index contributed by atoms with van der Waals surface area (Å²) >= 11 is 0. The average molecular weight is 321 g/mol. The smallest absolute Gasteiger partial charge is 0.231 e. The van der Waals surface area contributed by atoms with Gasteiger partial charge in [-0.2, -0.15) is 0 Å². The second kappa shape index (κ2) is 6.02. The monoisotopic (exact) mass is 321 g/mol. The van der Waals surface area contributed by atoms with Gasteiger partial charge in [-0.1, -0.05) is 30.3 Å². The summed E-state index contributed by atoms with van der Waals surface area (Å²) in [6.07, 6.45) is 5.58. The maximum atomic E-state index is 12.7. The molecule has 1 amide bonds. The van der Waals surface area contributed by atoms with Crippen LogP contribution in [0.5, 0.6) is 0 Å². The van der Waals surface area contributed by atoms with Crippen molar-refractivity contribution < 1.29 is 4.79 Å². The van der Waals surface area contributed by atoms with E-state index in [4.69, 9.17) is 0 Å². The molecule has 124 valence electrons. The number of benzene rings is 1. The maximum absolute atomic E-state index is 12.7. The summed E-state index contributed by atoms with van der Waals surface area (Å²) in [6, 6.07) is 14.8. The second-order valence-electron chi connectivity index (χ2n) is 7.02. The molecule has 1 aromatic heterocycles. The molecule has 2 aromatic rings. The van der Waals surface area contributed by atoms with Crippen LogP contribution in [-0.4, -0.2) is 40.8 Å². The lowest BCUT2D eigenvalue weighted by molar-refractivity contribution is -0.176. The van der Waals surface area contributed by atoms with Gasteiger partial charge in [0.15, 0.2) is 0 Å². The van der Waals surface area contributed by atoms with Crippen LogP contribution in [0.3, 0.4) is 0 Å². The fourth-order valence-electron chi connectivity index (χ4n) is 4.41. The quantitative estimate of drug-likeness (QED) is 0.816. The number of carbonyl (C=O) groups is 1. The van der Waals surface area contributed by atoms with E-state index < -0.39 is 0 Å². The Morgan fingerprint density at radius 1 is 1.08 bits per heavy atom. The lowest BCUT2D eigenvalue weighted by atomic mass is 9.62. The van der Waals surface area contributed by atoms with Gasteiger partial charge >= 0.3 is 0 Å². The first-order chi connectivity index (χ1) is 11.7. The summed E-state index contributed by atoms with van der Waals surface area (Å²) in [6.45, 7) is 2.90. The summed E-state index contributed by atoms with van der Waals surface area (Å²) in [5.74, 6) is 0.319. The van der Waals surface area contributed by atoms with Gasteiger partial charge in [-0.05, 0) is 49.2 Å². The summed E-state index contributed by atoms with van der Waals surface area (Å²) < 4.78 is 0. The normalized spacial score (nSPS) is 23.3. The Kier molecular flexibility index (Phi) is 3.85. The van der Waals surface area contributed by atoms with E-state index in [1.807, 2.05) is 30.4 Å². The Morgan fingerprint density at radius 3 is 2.42 bits per heavy atom. The fraction of sp³-hybridized carbons (Fsp3) is 0.400. The predicted octanol–water partition coefficient (Wildman–Crippen LogP) is 2.88. The van der Waals surface area contributed by atoms with E-state index in [0.717, 1.165) is 32.5 Å². The lowest BCUT2D eigenvalue weighted by Gasteiger charge is -2.58. The summed E-state index contributed by atoms with van der Waals surface area (Å²) in [5.41, 5.74) is 2.37. The van der Waals surface area contributed by atoms with Crippen LogP contribution in [0.4, 0.5) is 0 Å². The molecule has 4 nitrogen and oxygen atoms in total. The molecule has 0 radical (unpaired) electrons. The van der Waals surface area contributed by atoms with Gasteiger partial charge in [-0.25, -0.2) is 0 Å². The highest BCUT2D eigenvalue weighted by molar-refractivity contribution is 5.90. The molecular formula is C20H23N3O. The second-order valence-corrected chi connectivity index (χ2v) is 7.02. The Morgan fingerprint density at radius 2 is 1.75 bits per heavy atom. The van der Waals surface area contributed by atoms with Gasteiger partial charge in [0.25, 0.3) is 0 Å². The zero-order chi connectivity index (χ0) is 16.6. The molecule has 4 heteroatoms. The van der Waals surface area contributed by atoms with Crippen molar-refractivity contribution in [3.63, 3.8) is 0 Å². The van der Waals surface area contributed by atoms with Crippen LogP contribution in [0, 0.1) is 5.41 Å². The predicted molar refractivity (Wildman–Crippen MR) is 93.1 cm³/mol. The number of piperidine rings is 1. The van der Waals surface area contributed by atoms with E-state index in [1.54, 1.807) is 0 Å². The fourth-order valence-corrected chi connectivity index (χ4v) is 4.41. The van der Waals surface area contributed by atoms with E-state index in [0.29, 0.717) is 5.91 Å². The maximum Gasteiger partial charge on any atom is 0.231 e. The van der Waals surface area contributed by atoms with Crippen molar-refractivity contribution in [1.29, 1.82) is 0 Å². The van der Waals surface area contributed by atoms with E-state index in [1.165, 1.54) is 11.1 Å². The lowest BCUT2D eigenvalue weighted by Crippen LogP contribution is -2.64. The molecule has 2 saturated heterocycles.